The van der Waals surface area contributed by atoms with Crippen LogP contribution in [0.5, 0.6) is 5.75 Å². The summed E-state index contributed by atoms with van der Waals surface area (Å²) < 4.78 is 35.3. The van der Waals surface area contributed by atoms with Crippen molar-refractivity contribution in [2.24, 2.45) is 5.92 Å². The van der Waals surface area contributed by atoms with Gasteiger partial charge in [-0.3, -0.25) is 0 Å². The number of fused-ring (bicyclic) bond motifs is 2. The van der Waals surface area contributed by atoms with Gasteiger partial charge in [-0.2, -0.15) is 0 Å². The van der Waals surface area contributed by atoms with Crippen molar-refractivity contribution in [3.8, 4) is 16.9 Å². The monoisotopic (exact) mass is 522 g/mol. The lowest BCUT2D eigenvalue weighted by atomic mass is 9.86. The zero-order chi connectivity index (χ0) is 27.5. The van der Waals surface area contributed by atoms with E-state index in [0.29, 0.717) is 29.5 Å². The van der Waals surface area contributed by atoms with E-state index < -0.39 is 17.7 Å². The number of esters is 1. The second-order valence-electron chi connectivity index (χ2n) is 11.9. The van der Waals surface area contributed by atoms with Crippen molar-refractivity contribution in [1.29, 1.82) is 0 Å². The molecule has 7 heteroatoms. The molecule has 0 spiro atoms. The second kappa shape index (κ2) is 9.67. The third-order valence-electron chi connectivity index (χ3n) is 7.98. The first-order valence-corrected chi connectivity index (χ1v) is 13.6. The maximum absolute atomic E-state index is 15.6. The van der Waals surface area contributed by atoms with Crippen molar-refractivity contribution in [3.05, 3.63) is 45.5 Å². The molecule has 1 aliphatic heterocycles. The van der Waals surface area contributed by atoms with E-state index in [0.717, 1.165) is 63.9 Å². The number of carbonyl (C=O) groups excluding carboxylic acids is 1. The number of carbonyl (C=O) groups is 1. The number of benzene rings is 1. The zero-order valence-electron chi connectivity index (χ0n) is 23.9. The summed E-state index contributed by atoms with van der Waals surface area (Å²) in [5.74, 6) is 0.112. The Balaban J connectivity index is 1.90. The Morgan fingerprint density at radius 3 is 2.55 bits per heavy atom. The van der Waals surface area contributed by atoms with Crippen LogP contribution >= 0.6 is 0 Å². The fourth-order valence-corrected chi connectivity index (χ4v) is 5.78. The number of aromatic nitrogens is 2. The Bertz CT molecular complexity index is 1430. The van der Waals surface area contributed by atoms with Crippen LogP contribution in [0.2, 0.25) is 0 Å². The second-order valence-corrected chi connectivity index (χ2v) is 11.9. The van der Waals surface area contributed by atoms with Gasteiger partial charge in [0.2, 0.25) is 0 Å². The summed E-state index contributed by atoms with van der Waals surface area (Å²) in [7, 11) is 1.37. The van der Waals surface area contributed by atoms with E-state index in [4.69, 9.17) is 19.2 Å². The van der Waals surface area contributed by atoms with Gasteiger partial charge in [0.25, 0.3) is 0 Å². The fraction of sp³-hybridized carbons (Fsp3) is 0.548. The van der Waals surface area contributed by atoms with Crippen LogP contribution < -0.4 is 4.74 Å². The summed E-state index contributed by atoms with van der Waals surface area (Å²) in [6, 6.07) is 1.57. The molecule has 2 aromatic heterocycles. The first-order chi connectivity index (χ1) is 17.9. The molecule has 1 aromatic carbocycles. The molecule has 1 aliphatic carbocycles. The third-order valence-corrected chi connectivity index (χ3v) is 7.98. The third kappa shape index (κ3) is 4.59. The molecule has 0 radical (unpaired) electrons. The molecule has 0 amide bonds. The average molecular weight is 523 g/mol. The molecule has 3 aromatic rings. The van der Waals surface area contributed by atoms with E-state index in [2.05, 4.69) is 18.4 Å². The normalized spacial score (nSPS) is 16.3. The number of rotatable bonds is 6. The maximum Gasteiger partial charge on any atom is 0.339 e. The van der Waals surface area contributed by atoms with Gasteiger partial charge in [0.15, 0.2) is 17.7 Å². The van der Waals surface area contributed by atoms with E-state index in [9.17, 15) is 4.79 Å². The molecule has 38 heavy (non-hydrogen) atoms. The number of hydrogen-bond donors (Lipinski definition) is 0. The molecule has 1 fully saturated rings. The zero-order valence-corrected chi connectivity index (χ0v) is 23.9. The fourth-order valence-electron chi connectivity index (χ4n) is 5.78. The van der Waals surface area contributed by atoms with Crippen LogP contribution in [-0.4, -0.2) is 34.8 Å². The van der Waals surface area contributed by atoms with Gasteiger partial charge >= 0.3 is 5.97 Å². The Morgan fingerprint density at radius 1 is 1.21 bits per heavy atom. The summed E-state index contributed by atoms with van der Waals surface area (Å²) in [5.41, 5.74) is 7.16. The molecule has 204 valence electrons. The molecule has 3 heterocycles. The molecular formula is C31H39FN2O4. The van der Waals surface area contributed by atoms with Gasteiger partial charge < -0.3 is 18.8 Å². The lowest BCUT2D eigenvalue weighted by molar-refractivity contribution is -0.164. The number of methoxy groups -OCH3 is 1. The highest BCUT2D eigenvalue weighted by atomic mass is 19.1. The van der Waals surface area contributed by atoms with Crippen LogP contribution in [0.4, 0.5) is 4.39 Å². The van der Waals surface area contributed by atoms with E-state index >= 15 is 4.39 Å². The maximum atomic E-state index is 15.6. The minimum atomic E-state index is -1.02. The smallest absolute Gasteiger partial charge is 0.339 e. The summed E-state index contributed by atoms with van der Waals surface area (Å²) >= 11 is 0. The van der Waals surface area contributed by atoms with Gasteiger partial charge in [-0.15, -0.1) is 0 Å². The number of aryl methyl sites for hydroxylation is 2. The van der Waals surface area contributed by atoms with Crippen molar-refractivity contribution in [2.45, 2.75) is 92.4 Å². The quantitative estimate of drug-likeness (QED) is 0.332. The minimum Gasteiger partial charge on any atom is -0.490 e. The Labute approximate surface area is 224 Å². The van der Waals surface area contributed by atoms with Crippen molar-refractivity contribution in [2.75, 3.05) is 13.7 Å². The van der Waals surface area contributed by atoms with E-state index in [1.54, 1.807) is 6.07 Å². The van der Waals surface area contributed by atoms with Gasteiger partial charge in [-0.25, -0.2) is 14.2 Å². The molecular weight excluding hydrogens is 483 g/mol. The molecule has 6 nitrogen and oxygen atoms in total. The molecule has 0 bridgehead atoms. The van der Waals surface area contributed by atoms with Gasteiger partial charge in [0, 0.05) is 40.0 Å². The Morgan fingerprint density at radius 2 is 1.92 bits per heavy atom. The van der Waals surface area contributed by atoms with Crippen molar-refractivity contribution in [3.63, 3.8) is 0 Å². The number of pyridine rings is 1. The van der Waals surface area contributed by atoms with Gasteiger partial charge in [-0.05, 0) is 103 Å². The largest absolute Gasteiger partial charge is 0.490 e. The van der Waals surface area contributed by atoms with E-state index in [-0.39, 0.29) is 5.82 Å². The van der Waals surface area contributed by atoms with Crippen molar-refractivity contribution < 1.29 is 23.4 Å². The lowest BCUT2D eigenvalue weighted by Gasteiger charge is -2.30. The Kier molecular flexibility index (Phi) is 6.79. The van der Waals surface area contributed by atoms with Crippen LogP contribution in [0, 0.1) is 39.4 Å². The molecule has 1 saturated carbocycles. The highest BCUT2D eigenvalue weighted by Gasteiger charge is 2.36. The number of nitrogens with zero attached hydrogens (tertiary/aromatic N) is 2. The average Bonchev–Trinajstić information content (AvgIpc) is 3.66. The predicted molar refractivity (Wildman–Crippen MR) is 146 cm³/mol. The highest BCUT2D eigenvalue weighted by Crippen LogP contribution is 2.46. The lowest BCUT2D eigenvalue weighted by Crippen LogP contribution is -2.29. The van der Waals surface area contributed by atoms with Gasteiger partial charge in [0.1, 0.15) is 5.65 Å². The number of ether oxygens (including phenoxy) is 3. The van der Waals surface area contributed by atoms with Crippen molar-refractivity contribution in [1.82, 2.24) is 9.55 Å². The van der Waals surface area contributed by atoms with E-state index in [1.807, 2.05) is 34.6 Å². The summed E-state index contributed by atoms with van der Waals surface area (Å²) in [4.78, 5) is 18.4. The van der Waals surface area contributed by atoms with Crippen LogP contribution in [0.1, 0.15) is 79.8 Å². The minimum absolute atomic E-state index is 0.343. The number of hydrogen-bond acceptors (Lipinski definition) is 5. The van der Waals surface area contributed by atoms with Crippen LogP contribution in [-0.2, 0) is 27.2 Å². The summed E-state index contributed by atoms with van der Waals surface area (Å²) in [5, 5.41) is 0.939. The van der Waals surface area contributed by atoms with Crippen LogP contribution in [0.15, 0.2) is 6.07 Å². The SMILES string of the molecule is COC(=O)[C@@H](OC(C)(C)C)c1c(C)nc2c(c(C)c(C)n2CC2CC2)c1-c1cc(F)c2c(c1C)CCCO2. The molecule has 0 unspecified atom stereocenters. The van der Waals surface area contributed by atoms with Gasteiger partial charge in [0.05, 0.1) is 19.3 Å². The summed E-state index contributed by atoms with van der Waals surface area (Å²) in [6.07, 6.45) is 3.01. The number of halogens is 1. The molecule has 2 aliphatic rings. The predicted octanol–water partition coefficient (Wildman–Crippen LogP) is 6.84. The van der Waals surface area contributed by atoms with Crippen LogP contribution in [0.25, 0.3) is 22.2 Å². The van der Waals surface area contributed by atoms with E-state index in [1.165, 1.54) is 20.0 Å². The van der Waals surface area contributed by atoms with Crippen molar-refractivity contribution >= 4 is 17.0 Å². The molecule has 5 rings (SSSR count). The Hall–Kier alpha value is -2.93. The molecule has 0 saturated heterocycles. The first kappa shape index (κ1) is 26.7. The van der Waals surface area contributed by atoms with Gasteiger partial charge in [-0.1, -0.05) is 0 Å². The molecule has 1 atom stereocenters. The first-order valence-electron chi connectivity index (χ1n) is 13.6. The highest BCUT2D eigenvalue weighted by molar-refractivity contribution is 6.01. The standard InChI is InChI=1S/C31H39FN2O4/c1-16-19(4)34(15-20-11-12-20)29-24(16)26(22-14-23(32)27-21(17(22)2)10-9-13-37-27)25(18(3)33-29)28(30(35)36-8)38-31(5,6)7/h14,20,28H,9-13,15H2,1-8H3/t28-/m0/s1. The summed E-state index contributed by atoms with van der Waals surface area (Å²) in [6.45, 7) is 15.3. The molecule has 0 N–H and O–H groups in total. The van der Waals surface area contributed by atoms with Crippen LogP contribution in [0.3, 0.4) is 0 Å². The topological polar surface area (TPSA) is 62.6 Å².